The first-order valence-corrected chi connectivity index (χ1v) is 7.00. The molecular weight excluding hydrogens is 238 g/mol. The van der Waals surface area contributed by atoms with Crippen molar-refractivity contribution in [2.24, 2.45) is 11.1 Å². The van der Waals surface area contributed by atoms with Crippen molar-refractivity contribution < 1.29 is 9.84 Å². The molecule has 108 valence electrons. The number of benzene rings is 1. The van der Waals surface area contributed by atoms with Crippen molar-refractivity contribution in [1.82, 2.24) is 0 Å². The van der Waals surface area contributed by atoms with Gasteiger partial charge < -0.3 is 15.6 Å². The lowest BCUT2D eigenvalue weighted by Crippen LogP contribution is -2.49. The van der Waals surface area contributed by atoms with E-state index in [1.165, 1.54) is 5.56 Å². The van der Waals surface area contributed by atoms with Crippen molar-refractivity contribution in [3.63, 3.8) is 0 Å². The van der Waals surface area contributed by atoms with Crippen LogP contribution in [0.4, 0.5) is 0 Å². The lowest BCUT2D eigenvalue weighted by atomic mass is 9.84. The Morgan fingerprint density at radius 1 is 1.21 bits per heavy atom. The molecule has 3 nitrogen and oxygen atoms in total. The minimum Gasteiger partial charge on any atom is -0.486 e. The van der Waals surface area contributed by atoms with Crippen LogP contribution in [-0.4, -0.2) is 23.9 Å². The molecule has 0 saturated heterocycles. The van der Waals surface area contributed by atoms with Crippen LogP contribution in [0.2, 0.25) is 0 Å². The Labute approximate surface area is 116 Å². The van der Waals surface area contributed by atoms with E-state index in [1.807, 2.05) is 32.9 Å². The second-order valence-electron chi connectivity index (χ2n) is 6.12. The third-order valence-corrected chi connectivity index (χ3v) is 3.33. The standard InChI is InChI=1S/C16H27NO2/c1-5-6-12-7-9-13(10-8-12)19-14(11-18)15(17)16(2,3)4/h7-10,14-15,18H,5-6,11,17H2,1-4H3. The van der Waals surface area contributed by atoms with Gasteiger partial charge in [0.15, 0.2) is 0 Å². The Bertz CT molecular complexity index is 367. The van der Waals surface area contributed by atoms with Crippen molar-refractivity contribution in [3.05, 3.63) is 29.8 Å². The zero-order valence-electron chi connectivity index (χ0n) is 12.5. The van der Waals surface area contributed by atoms with Gasteiger partial charge in [-0.25, -0.2) is 0 Å². The molecule has 2 atom stereocenters. The lowest BCUT2D eigenvalue weighted by molar-refractivity contribution is 0.0592. The summed E-state index contributed by atoms with van der Waals surface area (Å²) in [4.78, 5) is 0. The van der Waals surface area contributed by atoms with Gasteiger partial charge in [-0.1, -0.05) is 46.2 Å². The minimum atomic E-state index is -0.378. The molecule has 0 heterocycles. The zero-order chi connectivity index (χ0) is 14.5. The monoisotopic (exact) mass is 265 g/mol. The minimum absolute atomic E-state index is 0.0743. The smallest absolute Gasteiger partial charge is 0.137 e. The SMILES string of the molecule is CCCc1ccc(OC(CO)C(N)C(C)(C)C)cc1. The van der Waals surface area contributed by atoms with Gasteiger partial charge >= 0.3 is 0 Å². The zero-order valence-corrected chi connectivity index (χ0v) is 12.5. The van der Waals surface area contributed by atoms with Crippen LogP contribution in [-0.2, 0) is 6.42 Å². The third kappa shape index (κ3) is 4.84. The predicted molar refractivity (Wildman–Crippen MR) is 79.4 cm³/mol. The molecule has 3 N–H and O–H groups in total. The number of nitrogens with two attached hydrogens (primary N) is 1. The Morgan fingerprint density at radius 3 is 2.21 bits per heavy atom. The average Bonchev–Trinajstić information content (AvgIpc) is 2.36. The molecule has 0 aromatic heterocycles. The molecular formula is C16H27NO2. The maximum absolute atomic E-state index is 9.45. The van der Waals surface area contributed by atoms with Gasteiger partial charge in [0.1, 0.15) is 11.9 Å². The fraction of sp³-hybridized carbons (Fsp3) is 0.625. The van der Waals surface area contributed by atoms with E-state index in [4.69, 9.17) is 10.5 Å². The first-order chi connectivity index (χ1) is 8.88. The van der Waals surface area contributed by atoms with Crippen LogP contribution in [0.5, 0.6) is 5.75 Å². The molecule has 0 aliphatic carbocycles. The molecule has 0 fully saturated rings. The molecule has 1 rings (SSSR count). The van der Waals surface area contributed by atoms with Crippen LogP contribution < -0.4 is 10.5 Å². The first-order valence-electron chi connectivity index (χ1n) is 7.00. The predicted octanol–water partition coefficient (Wildman–Crippen LogP) is 2.75. The van der Waals surface area contributed by atoms with Gasteiger partial charge in [-0.05, 0) is 29.5 Å². The highest BCUT2D eigenvalue weighted by atomic mass is 16.5. The Morgan fingerprint density at radius 2 is 1.79 bits per heavy atom. The summed E-state index contributed by atoms with van der Waals surface area (Å²) in [6.45, 7) is 8.24. The molecule has 1 aromatic carbocycles. The molecule has 3 heteroatoms. The van der Waals surface area contributed by atoms with Gasteiger partial charge in [0, 0.05) is 6.04 Å². The lowest BCUT2D eigenvalue weighted by Gasteiger charge is -2.33. The van der Waals surface area contributed by atoms with Crippen molar-refractivity contribution in [1.29, 1.82) is 0 Å². The quantitative estimate of drug-likeness (QED) is 0.831. The number of hydrogen-bond acceptors (Lipinski definition) is 3. The molecule has 0 saturated carbocycles. The summed E-state index contributed by atoms with van der Waals surface area (Å²) >= 11 is 0. The van der Waals surface area contributed by atoms with Crippen LogP contribution in [0.15, 0.2) is 24.3 Å². The number of aryl methyl sites for hydroxylation is 1. The van der Waals surface area contributed by atoms with Crippen molar-refractivity contribution in [2.45, 2.75) is 52.7 Å². The van der Waals surface area contributed by atoms with Crippen molar-refractivity contribution in [2.75, 3.05) is 6.61 Å². The normalized spacial score (nSPS) is 15.1. The fourth-order valence-electron chi connectivity index (χ4n) is 1.98. The molecule has 19 heavy (non-hydrogen) atoms. The Balaban J connectivity index is 2.70. The van der Waals surface area contributed by atoms with E-state index in [0.29, 0.717) is 0 Å². The largest absolute Gasteiger partial charge is 0.486 e. The van der Waals surface area contributed by atoms with Crippen LogP contribution in [0, 0.1) is 5.41 Å². The topological polar surface area (TPSA) is 55.5 Å². The van der Waals surface area contributed by atoms with Gasteiger partial charge in [-0.2, -0.15) is 0 Å². The molecule has 0 bridgehead atoms. The summed E-state index contributed by atoms with van der Waals surface area (Å²) in [5.41, 5.74) is 7.35. The van der Waals surface area contributed by atoms with Gasteiger partial charge in [0.2, 0.25) is 0 Å². The third-order valence-electron chi connectivity index (χ3n) is 3.33. The number of aliphatic hydroxyl groups is 1. The molecule has 2 unspecified atom stereocenters. The highest BCUT2D eigenvalue weighted by Gasteiger charge is 2.30. The Hall–Kier alpha value is -1.06. The maximum atomic E-state index is 9.45. The Kier molecular flexibility index (Phi) is 5.83. The van der Waals surface area contributed by atoms with Crippen LogP contribution in [0.3, 0.4) is 0 Å². The number of hydrogen-bond donors (Lipinski definition) is 2. The number of rotatable bonds is 6. The highest BCUT2D eigenvalue weighted by molar-refractivity contribution is 5.27. The van der Waals surface area contributed by atoms with Crippen molar-refractivity contribution >= 4 is 0 Å². The molecule has 0 radical (unpaired) electrons. The van der Waals surface area contributed by atoms with E-state index in [0.717, 1.165) is 18.6 Å². The highest BCUT2D eigenvalue weighted by Crippen LogP contribution is 2.23. The van der Waals surface area contributed by atoms with E-state index < -0.39 is 0 Å². The van der Waals surface area contributed by atoms with E-state index >= 15 is 0 Å². The summed E-state index contributed by atoms with van der Waals surface area (Å²) < 4.78 is 5.81. The van der Waals surface area contributed by atoms with Crippen molar-refractivity contribution in [3.8, 4) is 5.75 Å². The van der Waals surface area contributed by atoms with Gasteiger partial charge in [0.25, 0.3) is 0 Å². The second-order valence-corrected chi connectivity index (χ2v) is 6.12. The van der Waals surface area contributed by atoms with E-state index in [2.05, 4.69) is 19.1 Å². The van der Waals surface area contributed by atoms with Gasteiger partial charge in [-0.15, -0.1) is 0 Å². The van der Waals surface area contributed by atoms with Gasteiger partial charge in [0.05, 0.1) is 6.61 Å². The summed E-state index contributed by atoms with van der Waals surface area (Å²) in [6.07, 6.45) is 1.83. The van der Waals surface area contributed by atoms with Crippen LogP contribution >= 0.6 is 0 Å². The van der Waals surface area contributed by atoms with E-state index in [-0.39, 0.29) is 24.2 Å². The summed E-state index contributed by atoms with van der Waals surface area (Å²) in [5.74, 6) is 0.763. The fourth-order valence-corrected chi connectivity index (χ4v) is 1.98. The van der Waals surface area contributed by atoms with Crippen LogP contribution in [0.1, 0.15) is 39.7 Å². The molecule has 0 spiro atoms. The second kappa shape index (κ2) is 6.92. The number of ether oxygens (including phenoxy) is 1. The maximum Gasteiger partial charge on any atom is 0.137 e. The van der Waals surface area contributed by atoms with Gasteiger partial charge in [-0.3, -0.25) is 0 Å². The molecule has 1 aromatic rings. The number of aliphatic hydroxyl groups excluding tert-OH is 1. The first kappa shape index (κ1) is 16.0. The molecule has 0 aliphatic heterocycles. The molecule has 0 aliphatic rings. The van der Waals surface area contributed by atoms with Crippen LogP contribution in [0.25, 0.3) is 0 Å². The summed E-state index contributed by atoms with van der Waals surface area (Å²) in [7, 11) is 0. The average molecular weight is 265 g/mol. The molecule has 0 amide bonds. The van der Waals surface area contributed by atoms with E-state index in [9.17, 15) is 5.11 Å². The summed E-state index contributed by atoms with van der Waals surface area (Å²) in [6, 6.07) is 7.81. The van der Waals surface area contributed by atoms with E-state index in [1.54, 1.807) is 0 Å². The summed E-state index contributed by atoms with van der Waals surface area (Å²) in [5, 5.41) is 9.45.